The summed E-state index contributed by atoms with van der Waals surface area (Å²) >= 11 is 0. The number of rotatable bonds is 3. The molecule has 0 amide bonds. The van der Waals surface area contributed by atoms with Gasteiger partial charge in [-0.25, -0.2) is 0 Å². The molecular weight excluding hydrogens is 345 g/mol. The first kappa shape index (κ1) is 17.1. The maximum atomic E-state index is 9.58. The Morgan fingerprint density at radius 2 is 1.57 bits per heavy atom. The zero-order chi connectivity index (χ0) is 19.1. The van der Waals surface area contributed by atoms with E-state index in [9.17, 15) is 10.0 Å². The average Bonchev–Trinajstić information content (AvgIpc) is 3.08. The third kappa shape index (κ3) is 2.78. The molecule has 0 atom stereocenters. The summed E-state index contributed by atoms with van der Waals surface area (Å²) in [6.45, 7) is 0. The molecule has 0 saturated carbocycles. The molecule has 2 N–H and O–H groups in total. The van der Waals surface area contributed by atoms with Crippen molar-refractivity contribution in [3.05, 3.63) is 90.1 Å². The van der Waals surface area contributed by atoms with Gasteiger partial charge in [-0.2, -0.15) is 0 Å². The van der Waals surface area contributed by atoms with E-state index < -0.39 is 7.12 Å². The van der Waals surface area contributed by atoms with E-state index in [2.05, 4.69) is 65.3 Å². The maximum Gasteiger partial charge on any atom is 0.488 e. The Labute approximate surface area is 164 Å². The van der Waals surface area contributed by atoms with Crippen LogP contribution in [0.5, 0.6) is 0 Å². The number of hydrogen-bond donors (Lipinski definition) is 2. The quantitative estimate of drug-likeness (QED) is 0.541. The highest BCUT2D eigenvalue weighted by molar-refractivity contribution is 6.59. The van der Waals surface area contributed by atoms with Crippen molar-refractivity contribution < 1.29 is 10.0 Å². The minimum Gasteiger partial charge on any atom is -0.423 e. The molecule has 4 aromatic rings. The van der Waals surface area contributed by atoms with Gasteiger partial charge in [0.1, 0.15) is 0 Å². The predicted octanol–water partition coefficient (Wildman–Crippen LogP) is 3.94. The molecule has 0 fully saturated rings. The highest BCUT2D eigenvalue weighted by atomic mass is 16.4. The predicted molar refractivity (Wildman–Crippen MR) is 116 cm³/mol. The van der Waals surface area contributed by atoms with Crippen molar-refractivity contribution in [1.82, 2.24) is 4.57 Å². The Hall–Kier alpha value is -3.08. The molecule has 4 heteroatoms. The first-order chi connectivity index (χ1) is 13.7. The molecule has 3 nitrogen and oxygen atoms in total. The van der Waals surface area contributed by atoms with Gasteiger partial charge in [0.05, 0.1) is 5.52 Å². The standard InChI is InChI=1S/C24H20BNO2/c27-25(28)19-12-15-24-22(16-19)21-8-4-5-9-23(21)26(24)20-13-10-18(11-14-20)17-6-2-1-3-7-17/h1-4,6-8,10-16,27-28H,5,9H2. The molecule has 1 aromatic heterocycles. The second-order valence-corrected chi connectivity index (χ2v) is 7.20. The number of aromatic nitrogens is 1. The van der Waals surface area contributed by atoms with Crippen LogP contribution in [0.25, 0.3) is 33.8 Å². The molecule has 0 bridgehead atoms. The Morgan fingerprint density at radius 3 is 2.32 bits per heavy atom. The van der Waals surface area contributed by atoms with Gasteiger partial charge in [-0.15, -0.1) is 0 Å². The molecule has 1 heterocycles. The molecule has 5 rings (SSSR count). The van der Waals surface area contributed by atoms with Crippen LogP contribution < -0.4 is 5.46 Å². The number of nitrogens with zero attached hydrogens (tertiary/aromatic N) is 1. The van der Waals surface area contributed by atoms with E-state index in [1.54, 1.807) is 6.07 Å². The Bertz CT molecular complexity index is 1170. The van der Waals surface area contributed by atoms with Crippen molar-refractivity contribution in [2.24, 2.45) is 0 Å². The Morgan fingerprint density at radius 1 is 0.821 bits per heavy atom. The molecule has 0 aliphatic heterocycles. The summed E-state index contributed by atoms with van der Waals surface area (Å²) in [5.41, 5.74) is 7.58. The molecule has 136 valence electrons. The van der Waals surface area contributed by atoms with E-state index >= 15 is 0 Å². The van der Waals surface area contributed by atoms with E-state index in [1.807, 2.05) is 18.2 Å². The van der Waals surface area contributed by atoms with Gasteiger partial charge >= 0.3 is 7.12 Å². The van der Waals surface area contributed by atoms with Gasteiger partial charge in [-0.1, -0.05) is 66.7 Å². The van der Waals surface area contributed by atoms with Crippen LogP contribution in [0.4, 0.5) is 0 Å². The van der Waals surface area contributed by atoms with Gasteiger partial charge in [0, 0.05) is 22.3 Å². The molecule has 0 unspecified atom stereocenters. The van der Waals surface area contributed by atoms with Crippen LogP contribution in [-0.4, -0.2) is 21.7 Å². The van der Waals surface area contributed by atoms with Crippen molar-refractivity contribution in [3.8, 4) is 16.8 Å². The third-order valence-electron chi connectivity index (χ3n) is 5.50. The molecule has 28 heavy (non-hydrogen) atoms. The molecule has 0 spiro atoms. The van der Waals surface area contributed by atoms with Crippen molar-refractivity contribution in [2.45, 2.75) is 12.8 Å². The van der Waals surface area contributed by atoms with E-state index in [0.717, 1.165) is 29.4 Å². The first-order valence-corrected chi connectivity index (χ1v) is 9.58. The minimum absolute atomic E-state index is 0.519. The van der Waals surface area contributed by atoms with Crippen molar-refractivity contribution in [1.29, 1.82) is 0 Å². The van der Waals surface area contributed by atoms with Crippen LogP contribution in [0, 0.1) is 0 Å². The van der Waals surface area contributed by atoms with E-state index in [1.165, 1.54) is 22.4 Å². The van der Waals surface area contributed by atoms with Crippen LogP contribution in [0.1, 0.15) is 17.7 Å². The zero-order valence-electron chi connectivity index (χ0n) is 15.4. The molecule has 1 aliphatic carbocycles. The van der Waals surface area contributed by atoms with Gasteiger partial charge in [0.25, 0.3) is 0 Å². The van der Waals surface area contributed by atoms with E-state index in [-0.39, 0.29) is 0 Å². The van der Waals surface area contributed by atoms with Gasteiger partial charge in [0.15, 0.2) is 0 Å². The van der Waals surface area contributed by atoms with Crippen molar-refractivity contribution in [2.75, 3.05) is 0 Å². The number of fused-ring (bicyclic) bond motifs is 3. The van der Waals surface area contributed by atoms with Crippen LogP contribution in [0.2, 0.25) is 0 Å². The Kier molecular flexibility index (Phi) is 4.16. The lowest BCUT2D eigenvalue weighted by Gasteiger charge is -2.14. The highest BCUT2D eigenvalue weighted by Gasteiger charge is 2.20. The van der Waals surface area contributed by atoms with Gasteiger partial charge < -0.3 is 14.6 Å². The zero-order valence-corrected chi connectivity index (χ0v) is 15.4. The average molecular weight is 365 g/mol. The number of allylic oxidation sites excluding steroid dienone is 1. The molecule has 0 radical (unpaired) electrons. The van der Waals surface area contributed by atoms with E-state index in [0.29, 0.717) is 5.46 Å². The minimum atomic E-state index is -1.46. The summed E-state index contributed by atoms with van der Waals surface area (Å²) in [6, 6.07) is 24.7. The lowest BCUT2D eigenvalue weighted by molar-refractivity contribution is 0.426. The second-order valence-electron chi connectivity index (χ2n) is 7.20. The van der Waals surface area contributed by atoms with Gasteiger partial charge in [0.2, 0.25) is 0 Å². The lowest BCUT2D eigenvalue weighted by atomic mass is 9.79. The molecule has 3 aromatic carbocycles. The lowest BCUT2D eigenvalue weighted by Crippen LogP contribution is -2.29. The first-order valence-electron chi connectivity index (χ1n) is 9.58. The fourth-order valence-electron chi connectivity index (χ4n) is 4.13. The molecule has 0 saturated heterocycles. The monoisotopic (exact) mass is 365 g/mol. The van der Waals surface area contributed by atoms with Crippen LogP contribution in [-0.2, 0) is 6.42 Å². The smallest absolute Gasteiger partial charge is 0.423 e. The highest BCUT2D eigenvalue weighted by Crippen LogP contribution is 2.34. The fourth-order valence-corrected chi connectivity index (χ4v) is 4.13. The van der Waals surface area contributed by atoms with Crippen molar-refractivity contribution in [3.63, 3.8) is 0 Å². The normalized spacial score (nSPS) is 12.9. The fraction of sp³-hybridized carbons (Fsp3) is 0.0833. The topological polar surface area (TPSA) is 45.4 Å². The summed E-state index contributed by atoms with van der Waals surface area (Å²) in [5.74, 6) is 0. The summed E-state index contributed by atoms with van der Waals surface area (Å²) in [6.07, 6.45) is 6.33. The van der Waals surface area contributed by atoms with Crippen LogP contribution >= 0.6 is 0 Å². The number of hydrogen-bond acceptors (Lipinski definition) is 2. The van der Waals surface area contributed by atoms with Crippen LogP contribution in [0.15, 0.2) is 78.9 Å². The summed E-state index contributed by atoms with van der Waals surface area (Å²) < 4.78 is 2.30. The van der Waals surface area contributed by atoms with Gasteiger partial charge in [-0.3, -0.25) is 0 Å². The second kappa shape index (κ2) is 6.82. The molecule has 1 aliphatic rings. The van der Waals surface area contributed by atoms with Crippen molar-refractivity contribution >= 4 is 29.6 Å². The van der Waals surface area contributed by atoms with E-state index in [4.69, 9.17) is 0 Å². The summed E-state index contributed by atoms with van der Waals surface area (Å²) in [7, 11) is -1.46. The Balaban J connectivity index is 1.67. The maximum absolute atomic E-state index is 9.58. The van der Waals surface area contributed by atoms with Crippen LogP contribution in [0.3, 0.4) is 0 Å². The SMILES string of the molecule is OB(O)c1ccc2c(c1)c1c(n2-c2ccc(-c3ccccc3)cc2)CCC=C1. The third-order valence-corrected chi connectivity index (χ3v) is 5.50. The summed E-state index contributed by atoms with van der Waals surface area (Å²) in [5, 5.41) is 20.2. The largest absolute Gasteiger partial charge is 0.488 e. The summed E-state index contributed by atoms with van der Waals surface area (Å²) in [4.78, 5) is 0. The number of benzene rings is 3. The molecular formula is C24H20BNO2. The van der Waals surface area contributed by atoms with Gasteiger partial charge in [-0.05, 0) is 47.6 Å².